The van der Waals surface area contributed by atoms with Crippen molar-refractivity contribution in [2.24, 2.45) is 5.41 Å². The van der Waals surface area contributed by atoms with Gasteiger partial charge in [0.2, 0.25) is 0 Å². The standard InChI is InChI=1S/C16H21F3N4O/c1-21(2)14(24)23-9-6-16(18,19)15(11-23)5-8-22(10-15)13-12(17)4-3-7-20-13/h3-4,7H,5-6,8-11H2,1-2H3/t15-/m1/s1. The molecule has 2 aliphatic rings. The maximum Gasteiger partial charge on any atom is 0.319 e. The zero-order valence-corrected chi connectivity index (χ0v) is 13.8. The normalized spacial score (nSPS) is 26.0. The topological polar surface area (TPSA) is 39.7 Å². The number of carbonyl (C=O) groups excluding carboxylic acids is 1. The van der Waals surface area contributed by atoms with Gasteiger partial charge < -0.3 is 14.7 Å². The van der Waals surface area contributed by atoms with Crippen LogP contribution in [0.15, 0.2) is 18.3 Å². The SMILES string of the molecule is CN(C)C(=O)N1CCC(F)(F)[C@@]2(CCN(c3ncccc3F)C2)C1. The Balaban J connectivity index is 1.85. The number of pyridine rings is 1. The van der Waals surface area contributed by atoms with Crippen LogP contribution in [0.4, 0.5) is 23.8 Å². The third kappa shape index (κ3) is 2.67. The molecule has 3 rings (SSSR count). The first-order valence-electron chi connectivity index (χ1n) is 7.95. The van der Waals surface area contributed by atoms with Crippen molar-refractivity contribution < 1.29 is 18.0 Å². The second kappa shape index (κ2) is 5.82. The minimum absolute atomic E-state index is 0.00879. The first-order valence-corrected chi connectivity index (χ1v) is 7.95. The molecule has 2 saturated heterocycles. The molecule has 0 N–H and O–H groups in total. The van der Waals surface area contributed by atoms with Crippen LogP contribution in [0, 0.1) is 11.2 Å². The van der Waals surface area contributed by atoms with Gasteiger partial charge in [-0.2, -0.15) is 0 Å². The highest BCUT2D eigenvalue weighted by Crippen LogP contribution is 2.50. The molecule has 1 aromatic heterocycles. The fourth-order valence-corrected chi connectivity index (χ4v) is 3.64. The average molecular weight is 342 g/mol. The van der Waals surface area contributed by atoms with Crippen molar-refractivity contribution in [2.45, 2.75) is 18.8 Å². The van der Waals surface area contributed by atoms with Gasteiger partial charge >= 0.3 is 6.03 Å². The Bertz CT molecular complexity index is 640. The zero-order chi connectivity index (χ0) is 17.5. The number of aromatic nitrogens is 1. The molecule has 132 valence electrons. The fraction of sp³-hybridized carbons (Fsp3) is 0.625. The van der Waals surface area contributed by atoms with Gasteiger partial charge in [0.05, 0.1) is 5.41 Å². The predicted octanol–water partition coefficient (Wildman–Crippen LogP) is 2.44. The van der Waals surface area contributed by atoms with Crippen LogP contribution in [0.1, 0.15) is 12.8 Å². The Hall–Kier alpha value is -1.99. The largest absolute Gasteiger partial charge is 0.353 e. The molecule has 2 fully saturated rings. The molecule has 0 unspecified atom stereocenters. The summed E-state index contributed by atoms with van der Waals surface area (Å²) in [6.07, 6.45) is 1.28. The number of halogens is 3. The lowest BCUT2D eigenvalue weighted by Gasteiger charge is -2.46. The summed E-state index contributed by atoms with van der Waals surface area (Å²) < 4.78 is 43.3. The van der Waals surface area contributed by atoms with Gasteiger partial charge in [0.1, 0.15) is 0 Å². The van der Waals surface area contributed by atoms with Gasteiger partial charge in [-0.3, -0.25) is 0 Å². The molecule has 0 radical (unpaired) electrons. The highest BCUT2D eigenvalue weighted by molar-refractivity contribution is 5.74. The van der Waals surface area contributed by atoms with Gasteiger partial charge in [-0.15, -0.1) is 0 Å². The number of hydrogen-bond donors (Lipinski definition) is 0. The Kier molecular flexibility index (Phi) is 4.09. The van der Waals surface area contributed by atoms with Gasteiger partial charge in [-0.25, -0.2) is 22.9 Å². The van der Waals surface area contributed by atoms with Gasteiger partial charge in [0, 0.05) is 52.9 Å². The number of likely N-dealkylation sites (tertiary alicyclic amines) is 1. The smallest absolute Gasteiger partial charge is 0.319 e. The third-order valence-corrected chi connectivity index (χ3v) is 5.01. The van der Waals surface area contributed by atoms with Crippen molar-refractivity contribution in [3.8, 4) is 0 Å². The van der Waals surface area contributed by atoms with E-state index in [0.717, 1.165) is 0 Å². The lowest BCUT2D eigenvalue weighted by atomic mass is 9.75. The molecule has 0 bridgehead atoms. The first-order chi connectivity index (χ1) is 11.3. The van der Waals surface area contributed by atoms with Crippen LogP contribution < -0.4 is 4.90 Å². The van der Waals surface area contributed by atoms with Gasteiger partial charge in [-0.1, -0.05) is 0 Å². The molecule has 0 aromatic carbocycles. The molecule has 0 saturated carbocycles. The fourth-order valence-electron chi connectivity index (χ4n) is 3.64. The number of nitrogens with zero attached hydrogens (tertiary/aromatic N) is 4. The van der Waals surface area contributed by atoms with E-state index >= 15 is 0 Å². The monoisotopic (exact) mass is 342 g/mol. The lowest BCUT2D eigenvalue weighted by Crippen LogP contribution is -2.59. The molecule has 2 aliphatic heterocycles. The molecule has 5 nitrogen and oxygen atoms in total. The third-order valence-electron chi connectivity index (χ3n) is 5.01. The number of alkyl halides is 2. The minimum atomic E-state index is -2.89. The molecule has 0 aliphatic carbocycles. The molecule has 3 heterocycles. The summed E-state index contributed by atoms with van der Waals surface area (Å²) >= 11 is 0. The molecular formula is C16H21F3N4O. The summed E-state index contributed by atoms with van der Waals surface area (Å²) in [5, 5.41) is 0. The average Bonchev–Trinajstić information content (AvgIpc) is 2.95. The van der Waals surface area contributed by atoms with Crippen LogP contribution in [-0.4, -0.2) is 67.0 Å². The number of urea groups is 1. The highest BCUT2D eigenvalue weighted by atomic mass is 19.3. The number of rotatable bonds is 1. The van der Waals surface area contributed by atoms with Crippen molar-refractivity contribution >= 4 is 11.8 Å². The van der Waals surface area contributed by atoms with E-state index in [1.807, 2.05) is 0 Å². The van der Waals surface area contributed by atoms with E-state index in [1.165, 1.54) is 28.1 Å². The Labute approximate surface area is 139 Å². The second-order valence-corrected chi connectivity index (χ2v) is 6.81. The van der Waals surface area contributed by atoms with Gasteiger partial charge in [0.15, 0.2) is 11.6 Å². The van der Waals surface area contributed by atoms with Crippen molar-refractivity contribution in [1.29, 1.82) is 0 Å². The van der Waals surface area contributed by atoms with E-state index < -0.39 is 17.2 Å². The molecule has 1 atom stereocenters. The number of piperidine rings is 1. The summed E-state index contributed by atoms with van der Waals surface area (Å²) in [7, 11) is 3.21. The van der Waals surface area contributed by atoms with Crippen LogP contribution in [0.2, 0.25) is 0 Å². The van der Waals surface area contributed by atoms with E-state index in [9.17, 15) is 18.0 Å². The van der Waals surface area contributed by atoms with Gasteiger partial charge in [0.25, 0.3) is 5.92 Å². The van der Waals surface area contributed by atoms with Crippen molar-refractivity contribution in [2.75, 3.05) is 45.2 Å². The summed E-state index contributed by atoms with van der Waals surface area (Å²) in [6.45, 7) is 0.296. The number of carbonyl (C=O) groups is 1. The van der Waals surface area contributed by atoms with Crippen molar-refractivity contribution in [3.05, 3.63) is 24.1 Å². The molecule has 1 spiro atoms. The van der Waals surface area contributed by atoms with E-state index in [1.54, 1.807) is 19.0 Å². The van der Waals surface area contributed by atoms with Crippen LogP contribution in [0.3, 0.4) is 0 Å². The van der Waals surface area contributed by atoms with E-state index in [2.05, 4.69) is 4.98 Å². The second-order valence-electron chi connectivity index (χ2n) is 6.81. The summed E-state index contributed by atoms with van der Waals surface area (Å²) in [4.78, 5) is 20.6. The number of anilines is 1. The van der Waals surface area contributed by atoms with Crippen LogP contribution >= 0.6 is 0 Å². The summed E-state index contributed by atoms with van der Waals surface area (Å²) in [5.74, 6) is -3.31. The lowest BCUT2D eigenvalue weighted by molar-refractivity contribution is -0.150. The molecule has 8 heteroatoms. The highest BCUT2D eigenvalue weighted by Gasteiger charge is 2.60. The molecule has 2 amide bonds. The predicted molar refractivity (Wildman–Crippen MR) is 83.7 cm³/mol. The zero-order valence-electron chi connectivity index (χ0n) is 13.8. The van der Waals surface area contributed by atoms with E-state index in [-0.39, 0.29) is 44.3 Å². The summed E-state index contributed by atoms with van der Waals surface area (Å²) in [6, 6.07) is 2.47. The van der Waals surface area contributed by atoms with Crippen LogP contribution in [0.5, 0.6) is 0 Å². The molecule has 24 heavy (non-hydrogen) atoms. The number of amides is 2. The minimum Gasteiger partial charge on any atom is -0.353 e. The van der Waals surface area contributed by atoms with Gasteiger partial charge in [-0.05, 0) is 18.6 Å². The molecule has 1 aromatic rings. The van der Waals surface area contributed by atoms with E-state index in [0.29, 0.717) is 6.54 Å². The quantitative estimate of drug-likeness (QED) is 0.787. The first kappa shape index (κ1) is 16.9. The Morgan fingerprint density at radius 3 is 2.67 bits per heavy atom. The maximum atomic E-state index is 14.7. The molecular weight excluding hydrogens is 321 g/mol. The van der Waals surface area contributed by atoms with Crippen LogP contribution in [0.25, 0.3) is 0 Å². The van der Waals surface area contributed by atoms with E-state index in [4.69, 9.17) is 0 Å². The van der Waals surface area contributed by atoms with Crippen molar-refractivity contribution in [1.82, 2.24) is 14.8 Å². The Morgan fingerprint density at radius 2 is 2.00 bits per heavy atom. The number of hydrogen-bond acceptors (Lipinski definition) is 3. The van der Waals surface area contributed by atoms with Crippen molar-refractivity contribution in [3.63, 3.8) is 0 Å². The Morgan fingerprint density at radius 1 is 1.25 bits per heavy atom. The summed E-state index contributed by atoms with van der Waals surface area (Å²) in [5.41, 5.74) is -1.36. The maximum absolute atomic E-state index is 14.7. The van der Waals surface area contributed by atoms with Crippen LogP contribution in [-0.2, 0) is 0 Å².